The van der Waals surface area contributed by atoms with Crippen molar-refractivity contribution in [3.63, 3.8) is 0 Å². The Kier molecular flexibility index (Phi) is 10.7. The molecule has 0 saturated heterocycles. The van der Waals surface area contributed by atoms with Gasteiger partial charge >= 0.3 is 5.97 Å². The van der Waals surface area contributed by atoms with Gasteiger partial charge < -0.3 is 20.5 Å². The number of carboxylic acids is 1. The van der Waals surface area contributed by atoms with E-state index in [1.165, 1.54) is 11.8 Å². The molecule has 1 aromatic carbocycles. The van der Waals surface area contributed by atoms with Gasteiger partial charge in [0.1, 0.15) is 0 Å². The lowest BCUT2D eigenvalue weighted by molar-refractivity contribution is -0.133. The first-order valence-electron chi connectivity index (χ1n) is 11.5. The summed E-state index contributed by atoms with van der Waals surface area (Å²) in [6.07, 6.45) is 3.17. The molecular weight excluding hydrogens is 424 g/mol. The Morgan fingerprint density at radius 3 is 2.38 bits per heavy atom. The van der Waals surface area contributed by atoms with Crippen LogP contribution in [-0.4, -0.2) is 47.0 Å². The minimum Gasteiger partial charge on any atom is -0.478 e. The van der Waals surface area contributed by atoms with Gasteiger partial charge in [0.15, 0.2) is 0 Å². The SMILES string of the molecule is CCC(CC)O[C@@H]1C=C(C(=O)O)C[C@H](NCc2ccc(SCC(C)C)cc2)[C@H]1NC(C)=O. The van der Waals surface area contributed by atoms with Gasteiger partial charge in [0.25, 0.3) is 0 Å². The highest BCUT2D eigenvalue weighted by molar-refractivity contribution is 7.99. The second-order valence-corrected chi connectivity index (χ2v) is 9.90. The molecule has 0 unspecified atom stereocenters. The Morgan fingerprint density at radius 2 is 1.84 bits per heavy atom. The van der Waals surface area contributed by atoms with E-state index in [1.807, 2.05) is 25.6 Å². The standard InChI is InChI=1S/C25H38N2O4S/c1-6-20(7-2)31-23-13-19(25(29)30)12-22(24(23)27-17(5)28)26-14-18-8-10-21(11-9-18)32-15-16(3)4/h8-11,13,16,20,22-24,26H,6-7,12,14-15H2,1-5H3,(H,27,28)(H,29,30)/t22-,23+,24+/m0/s1. The number of hydrogen-bond acceptors (Lipinski definition) is 5. The summed E-state index contributed by atoms with van der Waals surface area (Å²) in [5, 5.41) is 16.1. The highest BCUT2D eigenvalue weighted by Gasteiger charge is 2.37. The predicted octanol–water partition coefficient (Wildman–Crippen LogP) is 4.39. The van der Waals surface area contributed by atoms with Gasteiger partial charge in [-0.15, -0.1) is 11.8 Å². The Labute approximate surface area is 196 Å². The topological polar surface area (TPSA) is 87.7 Å². The Bertz CT molecular complexity index is 775. The molecule has 0 aliphatic heterocycles. The van der Waals surface area contributed by atoms with Gasteiger partial charge in [0.2, 0.25) is 5.91 Å². The van der Waals surface area contributed by atoms with E-state index in [4.69, 9.17) is 4.74 Å². The normalized spacial score (nSPS) is 21.0. The maximum atomic E-state index is 11.9. The van der Waals surface area contributed by atoms with E-state index >= 15 is 0 Å². The van der Waals surface area contributed by atoms with Gasteiger partial charge in [-0.1, -0.05) is 39.8 Å². The van der Waals surface area contributed by atoms with Crippen LogP contribution < -0.4 is 10.6 Å². The second-order valence-electron chi connectivity index (χ2n) is 8.80. The van der Waals surface area contributed by atoms with E-state index in [-0.39, 0.29) is 24.1 Å². The van der Waals surface area contributed by atoms with Crippen LogP contribution in [0.5, 0.6) is 0 Å². The van der Waals surface area contributed by atoms with Crippen molar-refractivity contribution in [3.8, 4) is 0 Å². The van der Waals surface area contributed by atoms with Crippen LogP contribution in [0.15, 0.2) is 40.8 Å². The van der Waals surface area contributed by atoms with Gasteiger partial charge in [-0.05, 0) is 49.0 Å². The summed E-state index contributed by atoms with van der Waals surface area (Å²) in [6.45, 7) is 10.6. The first kappa shape index (κ1) is 26.4. The van der Waals surface area contributed by atoms with Crippen molar-refractivity contribution >= 4 is 23.6 Å². The van der Waals surface area contributed by atoms with E-state index in [0.29, 0.717) is 24.5 Å². The molecule has 0 aromatic heterocycles. The van der Waals surface area contributed by atoms with E-state index in [2.05, 4.69) is 48.7 Å². The maximum Gasteiger partial charge on any atom is 0.331 e. The molecule has 6 nitrogen and oxygen atoms in total. The summed E-state index contributed by atoms with van der Waals surface area (Å²) in [7, 11) is 0. The fourth-order valence-corrected chi connectivity index (χ4v) is 4.63. The van der Waals surface area contributed by atoms with Crippen LogP contribution in [0.1, 0.15) is 59.4 Å². The molecule has 0 bridgehead atoms. The van der Waals surface area contributed by atoms with E-state index < -0.39 is 12.1 Å². The minimum atomic E-state index is -0.942. The number of nitrogens with one attached hydrogen (secondary N) is 2. The summed E-state index contributed by atoms with van der Waals surface area (Å²) in [6, 6.07) is 7.85. The Balaban J connectivity index is 2.14. The third-order valence-electron chi connectivity index (χ3n) is 5.57. The van der Waals surface area contributed by atoms with Gasteiger partial charge in [0, 0.05) is 35.7 Å². The zero-order valence-electron chi connectivity index (χ0n) is 19.9. The van der Waals surface area contributed by atoms with Crippen molar-refractivity contribution in [3.05, 3.63) is 41.5 Å². The fourth-order valence-electron chi connectivity index (χ4n) is 3.78. The molecule has 0 spiro atoms. The number of rotatable bonds is 12. The minimum absolute atomic E-state index is 0.0113. The molecule has 1 aromatic rings. The third kappa shape index (κ3) is 8.26. The monoisotopic (exact) mass is 462 g/mol. The van der Waals surface area contributed by atoms with Crippen molar-refractivity contribution in [2.45, 2.75) is 89.6 Å². The molecule has 0 fully saturated rings. The number of aliphatic carboxylic acids is 1. The molecule has 1 aliphatic rings. The first-order chi connectivity index (χ1) is 15.2. The van der Waals surface area contributed by atoms with Gasteiger partial charge in [-0.3, -0.25) is 4.79 Å². The van der Waals surface area contributed by atoms with Crippen molar-refractivity contribution < 1.29 is 19.4 Å². The molecule has 32 heavy (non-hydrogen) atoms. The molecule has 0 heterocycles. The molecule has 178 valence electrons. The first-order valence-corrected chi connectivity index (χ1v) is 12.5. The highest BCUT2D eigenvalue weighted by atomic mass is 32.2. The van der Waals surface area contributed by atoms with Gasteiger partial charge in [-0.25, -0.2) is 4.79 Å². The van der Waals surface area contributed by atoms with Gasteiger partial charge in [0.05, 0.1) is 18.2 Å². The van der Waals surface area contributed by atoms with E-state index in [1.54, 1.807) is 6.08 Å². The number of carboxylic acid groups (broad SMARTS) is 1. The summed E-state index contributed by atoms with van der Waals surface area (Å²) < 4.78 is 6.23. The maximum absolute atomic E-state index is 11.9. The van der Waals surface area contributed by atoms with Crippen LogP contribution in [0.25, 0.3) is 0 Å². The summed E-state index contributed by atoms with van der Waals surface area (Å²) >= 11 is 1.85. The van der Waals surface area contributed by atoms with E-state index in [0.717, 1.165) is 24.2 Å². The lowest BCUT2D eigenvalue weighted by atomic mass is 9.87. The third-order valence-corrected chi connectivity index (χ3v) is 7.01. The number of amides is 1. The molecular formula is C25H38N2O4S. The molecule has 3 N–H and O–H groups in total. The lowest BCUT2D eigenvalue weighted by Crippen LogP contribution is -2.58. The highest BCUT2D eigenvalue weighted by Crippen LogP contribution is 2.25. The largest absolute Gasteiger partial charge is 0.478 e. The van der Waals surface area contributed by atoms with Crippen LogP contribution in [-0.2, 0) is 20.9 Å². The number of carbonyl (C=O) groups excluding carboxylic acids is 1. The lowest BCUT2D eigenvalue weighted by Gasteiger charge is -2.38. The molecule has 1 aliphatic carbocycles. The number of hydrogen-bond donors (Lipinski definition) is 3. The zero-order valence-corrected chi connectivity index (χ0v) is 20.7. The van der Waals surface area contributed by atoms with Crippen LogP contribution in [0.2, 0.25) is 0 Å². The number of ether oxygens (including phenoxy) is 1. The predicted molar refractivity (Wildman–Crippen MR) is 130 cm³/mol. The summed E-state index contributed by atoms with van der Waals surface area (Å²) in [5.41, 5.74) is 1.44. The van der Waals surface area contributed by atoms with Crippen LogP contribution in [0.3, 0.4) is 0 Å². The zero-order chi connectivity index (χ0) is 23.7. The fraction of sp³-hybridized carbons (Fsp3) is 0.600. The van der Waals surface area contributed by atoms with Crippen molar-refractivity contribution in [1.29, 1.82) is 0 Å². The average Bonchev–Trinajstić information content (AvgIpc) is 2.75. The van der Waals surface area contributed by atoms with E-state index in [9.17, 15) is 14.7 Å². The molecule has 0 saturated carbocycles. The number of thioether (sulfide) groups is 1. The van der Waals surface area contributed by atoms with Gasteiger partial charge in [-0.2, -0.15) is 0 Å². The molecule has 2 rings (SSSR count). The average molecular weight is 463 g/mol. The van der Waals surface area contributed by atoms with Crippen LogP contribution in [0.4, 0.5) is 0 Å². The number of benzene rings is 1. The van der Waals surface area contributed by atoms with Crippen molar-refractivity contribution in [1.82, 2.24) is 10.6 Å². The van der Waals surface area contributed by atoms with Crippen molar-refractivity contribution in [2.24, 2.45) is 5.92 Å². The quantitative estimate of drug-likeness (QED) is 0.400. The van der Waals surface area contributed by atoms with Crippen LogP contribution in [0, 0.1) is 5.92 Å². The summed E-state index contributed by atoms with van der Waals surface area (Å²) in [4.78, 5) is 25.0. The number of carbonyl (C=O) groups is 2. The molecule has 7 heteroatoms. The second kappa shape index (κ2) is 13.0. The van der Waals surface area contributed by atoms with Crippen LogP contribution >= 0.6 is 11.8 Å². The molecule has 1 amide bonds. The smallest absolute Gasteiger partial charge is 0.331 e. The summed E-state index contributed by atoms with van der Waals surface area (Å²) in [5.74, 6) is 0.631. The molecule has 0 radical (unpaired) electrons. The Hall–Kier alpha value is -1.83. The molecule has 3 atom stereocenters. The Morgan fingerprint density at radius 1 is 1.19 bits per heavy atom. The van der Waals surface area contributed by atoms with Crippen molar-refractivity contribution in [2.75, 3.05) is 5.75 Å².